The van der Waals surface area contributed by atoms with Gasteiger partial charge >= 0.3 is 0 Å². The van der Waals surface area contributed by atoms with Crippen LogP contribution in [0, 0.1) is 17.7 Å². The van der Waals surface area contributed by atoms with Gasteiger partial charge in [0.25, 0.3) is 0 Å². The van der Waals surface area contributed by atoms with Crippen LogP contribution in [-0.2, 0) is 9.47 Å². The third-order valence-electron chi connectivity index (χ3n) is 8.41. The second kappa shape index (κ2) is 13.7. The highest BCUT2D eigenvalue weighted by atomic mass is 35.5. The lowest BCUT2D eigenvalue weighted by Gasteiger charge is -2.36. The fourth-order valence-corrected chi connectivity index (χ4v) is 6.60. The molecule has 0 radical (unpaired) electrons. The maximum absolute atomic E-state index is 15.1. The number of ether oxygens (including phenoxy) is 2. The Morgan fingerprint density at radius 3 is 2.06 bits per heavy atom. The maximum Gasteiger partial charge on any atom is 0.126 e. The van der Waals surface area contributed by atoms with Gasteiger partial charge in [0, 0.05) is 13.0 Å². The van der Waals surface area contributed by atoms with Gasteiger partial charge in [-0.25, -0.2) is 4.39 Å². The highest BCUT2D eigenvalue weighted by Crippen LogP contribution is 2.44. The minimum Gasteiger partial charge on any atom is -0.504 e. The van der Waals surface area contributed by atoms with E-state index >= 15 is 4.39 Å². The van der Waals surface area contributed by atoms with Gasteiger partial charge in [-0.15, -0.1) is 11.6 Å². The number of methoxy groups -OCH3 is 1. The van der Waals surface area contributed by atoms with E-state index in [4.69, 9.17) is 9.47 Å². The number of benzene rings is 1. The Kier molecular flexibility index (Phi) is 11.0. The quantitative estimate of drug-likeness (QED) is 0.300. The predicted octanol–water partition coefficient (Wildman–Crippen LogP) is 8.74. The van der Waals surface area contributed by atoms with Crippen LogP contribution in [0.15, 0.2) is 30.0 Å². The lowest BCUT2D eigenvalue weighted by molar-refractivity contribution is 0.0328. The Hall–Kier alpha value is -1.06. The minimum absolute atomic E-state index is 0.0416. The van der Waals surface area contributed by atoms with Crippen LogP contribution in [0.4, 0.5) is 4.39 Å². The van der Waals surface area contributed by atoms with E-state index in [0.29, 0.717) is 17.9 Å². The number of halogens is 2. The molecule has 4 rings (SSSR count). The molecule has 0 amide bonds. The molecule has 0 aliphatic heterocycles. The highest BCUT2D eigenvalue weighted by Gasteiger charge is 2.31. The maximum atomic E-state index is 15.1. The van der Waals surface area contributed by atoms with Crippen LogP contribution in [0.25, 0.3) is 0 Å². The zero-order chi connectivity index (χ0) is 23.6. The molecular formula is C29H44ClFO2. The lowest BCUT2D eigenvalue weighted by atomic mass is 9.69. The molecule has 4 heteroatoms. The smallest absolute Gasteiger partial charge is 0.126 e. The highest BCUT2D eigenvalue weighted by molar-refractivity contribution is 6.15. The third-order valence-corrected chi connectivity index (χ3v) is 8.41. The van der Waals surface area contributed by atoms with E-state index in [1.54, 1.807) is 7.11 Å². The molecule has 0 spiro atoms. The third kappa shape index (κ3) is 7.21. The van der Waals surface area contributed by atoms with Gasteiger partial charge in [0.1, 0.15) is 5.82 Å². The summed E-state index contributed by atoms with van der Waals surface area (Å²) in [4.78, 5) is 0. The molecule has 0 atom stereocenters. The summed E-state index contributed by atoms with van der Waals surface area (Å²) < 4.78 is 26.1. The number of rotatable bonds is 6. The Morgan fingerprint density at radius 2 is 1.48 bits per heavy atom. The Labute approximate surface area is 206 Å². The van der Waals surface area contributed by atoms with Crippen molar-refractivity contribution in [1.82, 2.24) is 0 Å². The van der Waals surface area contributed by atoms with Crippen LogP contribution in [0.3, 0.4) is 0 Å². The monoisotopic (exact) mass is 478 g/mol. The van der Waals surface area contributed by atoms with Gasteiger partial charge in [0.2, 0.25) is 0 Å². The van der Waals surface area contributed by atoms with Crippen molar-refractivity contribution in [2.45, 2.75) is 102 Å². The normalized spacial score (nSPS) is 30.2. The number of hydrogen-bond acceptors (Lipinski definition) is 2. The molecule has 0 aromatic heterocycles. The topological polar surface area (TPSA) is 18.5 Å². The van der Waals surface area contributed by atoms with Crippen LogP contribution < -0.4 is 0 Å². The first-order chi connectivity index (χ1) is 16.2. The molecular weight excluding hydrogens is 435 g/mol. The summed E-state index contributed by atoms with van der Waals surface area (Å²) in [6, 6.07) is 6.20. The lowest BCUT2D eigenvalue weighted by Crippen LogP contribution is -2.24. The van der Waals surface area contributed by atoms with Crippen LogP contribution in [0.5, 0.6) is 0 Å². The molecule has 2 nitrogen and oxygen atoms in total. The second-order valence-electron chi connectivity index (χ2n) is 10.2. The summed E-state index contributed by atoms with van der Waals surface area (Å²) in [5.41, 5.74) is 3.65. The van der Waals surface area contributed by atoms with Crippen molar-refractivity contribution < 1.29 is 13.9 Å². The molecule has 1 aromatic carbocycles. The molecule has 1 aromatic rings. The Morgan fingerprint density at radius 1 is 0.879 bits per heavy atom. The summed E-state index contributed by atoms with van der Waals surface area (Å²) in [5, 5.41) is 0. The number of allylic oxidation sites excluding steroid dienone is 1. The molecule has 3 fully saturated rings. The second-order valence-corrected chi connectivity index (χ2v) is 10.2. The van der Waals surface area contributed by atoms with Crippen molar-refractivity contribution in [3.8, 4) is 0 Å². The van der Waals surface area contributed by atoms with E-state index in [0.717, 1.165) is 62.5 Å². The van der Waals surface area contributed by atoms with E-state index in [1.807, 2.05) is 12.3 Å². The standard InChI is InChI=1S/C28H41FO2.CH3Cl/c1-3-31-26-15-12-23(13-16-26)25-14-17-27(28(29)18-25)24-10-8-22(9-11-24)21-6-4-20(5-7-21)19-30-2;1-2/h14,17-19,21-24,26H,3-13,15-16H2,1-2H3;1H3. The first-order valence-electron chi connectivity index (χ1n) is 13.2. The molecule has 3 saturated carbocycles. The first-order valence-corrected chi connectivity index (χ1v) is 13.9. The van der Waals surface area contributed by atoms with Crippen LogP contribution in [0.2, 0.25) is 0 Å². The van der Waals surface area contributed by atoms with Gasteiger partial charge in [-0.1, -0.05) is 12.1 Å². The average molecular weight is 479 g/mol. The summed E-state index contributed by atoms with van der Waals surface area (Å²) in [5.74, 6) is 2.64. The van der Waals surface area contributed by atoms with Crippen LogP contribution >= 0.6 is 11.6 Å². The predicted molar refractivity (Wildman–Crippen MR) is 137 cm³/mol. The van der Waals surface area contributed by atoms with Gasteiger partial charge in [-0.3, -0.25) is 0 Å². The Balaban J connectivity index is 0.00000149. The number of alkyl halides is 1. The van der Waals surface area contributed by atoms with Crippen LogP contribution in [0.1, 0.15) is 107 Å². The fourth-order valence-electron chi connectivity index (χ4n) is 6.60. The molecule has 0 bridgehead atoms. The summed E-state index contributed by atoms with van der Waals surface area (Å²) in [6.45, 7) is 2.87. The van der Waals surface area contributed by atoms with E-state index in [2.05, 4.69) is 30.7 Å². The van der Waals surface area contributed by atoms with Crippen molar-refractivity contribution in [2.75, 3.05) is 20.1 Å². The largest absolute Gasteiger partial charge is 0.504 e. The minimum atomic E-state index is 0.0416. The summed E-state index contributed by atoms with van der Waals surface area (Å²) in [7, 11) is 1.75. The zero-order valence-electron chi connectivity index (χ0n) is 21.0. The zero-order valence-corrected chi connectivity index (χ0v) is 21.7. The van der Waals surface area contributed by atoms with Crippen LogP contribution in [-0.4, -0.2) is 26.2 Å². The molecule has 0 N–H and O–H groups in total. The molecule has 0 heterocycles. The fraction of sp³-hybridized carbons (Fsp3) is 0.724. The van der Waals surface area contributed by atoms with E-state index in [1.165, 1.54) is 56.0 Å². The Bertz CT molecular complexity index is 723. The first kappa shape index (κ1) is 26.5. The molecule has 33 heavy (non-hydrogen) atoms. The van der Waals surface area contributed by atoms with Gasteiger partial charge < -0.3 is 9.47 Å². The van der Waals surface area contributed by atoms with Crippen molar-refractivity contribution in [3.63, 3.8) is 0 Å². The van der Waals surface area contributed by atoms with E-state index < -0.39 is 0 Å². The molecule has 0 unspecified atom stereocenters. The number of hydrogen-bond donors (Lipinski definition) is 0. The van der Waals surface area contributed by atoms with Gasteiger partial charge in [0.15, 0.2) is 0 Å². The molecule has 0 saturated heterocycles. The summed E-state index contributed by atoms with van der Waals surface area (Å²) >= 11 is 4.64. The van der Waals surface area contributed by atoms with Crippen molar-refractivity contribution in [2.24, 2.45) is 11.8 Å². The van der Waals surface area contributed by atoms with Crippen molar-refractivity contribution >= 4 is 11.6 Å². The van der Waals surface area contributed by atoms with E-state index in [9.17, 15) is 0 Å². The summed E-state index contributed by atoms with van der Waals surface area (Å²) in [6.07, 6.45) is 18.1. The van der Waals surface area contributed by atoms with Crippen molar-refractivity contribution in [3.05, 3.63) is 47.0 Å². The van der Waals surface area contributed by atoms with Gasteiger partial charge in [-0.2, -0.15) is 0 Å². The van der Waals surface area contributed by atoms with Gasteiger partial charge in [0.05, 0.1) is 19.5 Å². The average Bonchev–Trinajstić information content (AvgIpc) is 2.87. The molecule has 186 valence electrons. The SMILES string of the molecule is CCOC1CCC(c2ccc(C3CCC(C4CCC(=COC)CC4)CC3)c(F)c2)CC1.CCl. The molecule has 3 aliphatic rings. The van der Waals surface area contributed by atoms with Gasteiger partial charge in [-0.05, 0) is 130 Å². The van der Waals surface area contributed by atoms with Crippen molar-refractivity contribution in [1.29, 1.82) is 0 Å². The molecule has 3 aliphatic carbocycles. The van der Waals surface area contributed by atoms with E-state index in [-0.39, 0.29) is 5.82 Å².